The van der Waals surface area contributed by atoms with E-state index in [9.17, 15) is 18.0 Å². The number of nitrogens with zero attached hydrogens (tertiary/aromatic N) is 1. The first-order chi connectivity index (χ1) is 11.5. The zero-order valence-electron chi connectivity index (χ0n) is 13.0. The first-order valence-corrected chi connectivity index (χ1v) is 7.82. The lowest BCUT2D eigenvalue weighted by Gasteiger charge is -2.17. The molecule has 0 aromatic heterocycles. The van der Waals surface area contributed by atoms with Gasteiger partial charge in [0.05, 0.1) is 12.1 Å². The smallest absolute Gasteiger partial charge is 0.228 e. The highest BCUT2D eigenvalue weighted by Gasteiger charge is 2.16. The van der Waals surface area contributed by atoms with Crippen molar-refractivity contribution in [1.82, 2.24) is 0 Å². The Morgan fingerprint density at radius 2 is 1.62 bits per heavy atom. The van der Waals surface area contributed by atoms with E-state index >= 15 is 0 Å². The van der Waals surface area contributed by atoms with Gasteiger partial charge in [0.1, 0.15) is 0 Å². The van der Waals surface area contributed by atoms with Crippen molar-refractivity contribution < 1.29 is 18.0 Å². The summed E-state index contributed by atoms with van der Waals surface area (Å²) >= 11 is 0. The van der Waals surface area contributed by atoms with Gasteiger partial charge in [-0.2, -0.15) is 0 Å². The zero-order valence-corrected chi connectivity index (χ0v) is 13.0. The average molecular weight is 334 g/mol. The van der Waals surface area contributed by atoms with Crippen molar-refractivity contribution in [3.05, 3.63) is 59.4 Å². The van der Waals surface area contributed by atoms with Crippen LogP contribution in [0.2, 0.25) is 0 Å². The van der Waals surface area contributed by atoms with Crippen molar-refractivity contribution >= 4 is 17.3 Å². The number of hydrogen-bond donors (Lipinski definition) is 1. The molecule has 2 aromatic rings. The van der Waals surface area contributed by atoms with E-state index < -0.39 is 23.4 Å². The van der Waals surface area contributed by atoms with Gasteiger partial charge in [-0.05, 0) is 42.7 Å². The Labute approximate surface area is 138 Å². The highest BCUT2D eigenvalue weighted by molar-refractivity contribution is 5.92. The molecular weight excluding hydrogens is 317 g/mol. The van der Waals surface area contributed by atoms with Gasteiger partial charge < -0.3 is 10.2 Å². The molecule has 1 heterocycles. The number of carbonyl (C=O) groups is 1. The Morgan fingerprint density at radius 1 is 0.958 bits per heavy atom. The lowest BCUT2D eigenvalue weighted by molar-refractivity contribution is -0.115. The Hall–Kier alpha value is -2.50. The molecule has 1 saturated heterocycles. The van der Waals surface area contributed by atoms with Gasteiger partial charge in [-0.15, -0.1) is 0 Å². The number of carbonyl (C=O) groups excluding carboxylic acids is 1. The fourth-order valence-electron chi connectivity index (χ4n) is 2.80. The largest absolute Gasteiger partial charge is 0.372 e. The Kier molecular flexibility index (Phi) is 4.74. The van der Waals surface area contributed by atoms with E-state index in [2.05, 4.69) is 10.2 Å². The molecule has 0 saturated carbocycles. The highest BCUT2D eigenvalue weighted by atomic mass is 19.2. The van der Waals surface area contributed by atoms with Gasteiger partial charge in [-0.1, -0.05) is 12.1 Å². The summed E-state index contributed by atoms with van der Waals surface area (Å²) in [5.41, 5.74) is 1.51. The van der Waals surface area contributed by atoms with E-state index in [0.717, 1.165) is 36.5 Å². The molecule has 1 amide bonds. The second-order valence-electron chi connectivity index (χ2n) is 5.81. The molecule has 0 unspecified atom stereocenters. The monoisotopic (exact) mass is 334 g/mol. The minimum absolute atomic E-state index is 0.0265. The second-order valence-corrected chi connectivity index (χ2v) is 5.81. The van der Waals surface area contributed by atoms with Crippen molar-refractivity contribution in [2.24, 2.45) is 0 Å². The first-order valence-electron chi connectivity index (χ1n) is 7.82. The number of hydrogen-bond acceptors (Lipinski definition) is 2. The van der Waals surface area contributed by atoms with Crippen molar-refractivity contribution in [2.45, 2.75) is 19.3 Å². The Balaban J connectivity index is 1.63. The molecule has 1 fully saturated rings. The van der Waals surface area contributed by atoms with Crippen LogP contribution in [0.5, 0.6) is 0 Å². The molecule has 0 atom stereocenters. The molecule has 0 aliphatic carbocycles. The lowest BCUT2D eigenvalue weighted by Crippen LogP contribution is -2.18. The molecule has 0 radical (unpaired) electrons. The van der Waals surface area contributed by atoms with Crippen LogP contribution in [-0.2, 0) is 11.2 Å². The minimum Gasteiger partial charge on any atom is -0.372 e. The summed E-state index contributed by atoms with van der Waals surface area (Å²) < 4.78 is 39.6. The predicted octanol–water partition coefficient (Wildman–Crippen LogP) is 3.89. The zero-order chi connectivity index (χ0) is 17.1. The van der Waals surface area contributed by atoms with E-state index in [4.69, 9.17) is 0 Å². The predicted molar refractivity (Wildman–Crippen MR) is 86.5 cm³/mol. The summed E-state index contributed by atoms with van der Waals surface area (Å²) in [6, 6.07) is 9.36. The molecule has 3 rings (SSSR count). The van der Waals surface area contributed by atoms with Crippen molar-refractivity contribution in [3.8, 4) is 0 Å². The molecule has 1 aliphatic heterocycles. The Bertz CT molecular complexity index is 741. The van der Waals surface area contributed by atoms with E-state index in [0.29, 0.717) is 0 Å². The van der Waals surface area contributed by atoms with Crippen LogP contribution in [0.25, 0.3) is 0 Å². The van der Waals surface area contributed by atoms with Crippen molar-refractivity contribution in [3.63, 3.8) is 0 Å². The second kappa shape index (κ2) is 6.95. The van der Waals surface area contributed by atoms with Crippen molar-refractivity contribution in [2.75, 3.05) is 23.3 Å². The van der Waals surface area contributed by atoms with Gasteiger partial charge in [-0.3, -0.25) is 4.79 Å². The molecule has 3 nitrogen and oxygen atoms in total. The van der Waals surface area contributed by atoms with Crippen LogP contribution in [0.4, 0.5) is 24.5 Å². The van der Waals surface area contributed by atoms with Gasteiger partial charge in [0.15, 0.2) is 17.5 Å². The average Bonchev–Trinajstić information content (AvgIpc) is 3.11. The first kappa shape index (κ1) is 16.4. The number of anilines is 2. The maximum atomic E-state index is 13.6. The topological polar surface area (TPSA) is 32.3 Å². The maximum absolute atomic E-state index is 13.6. The van der Waals surface area contributed by atoms with Gasteiger partial charge >= 0.3 is 0 Å². The van der Waals surface area contributed by atoms with E-state index in [1.165, 1.54) is 12.8 Å². The Morgan fingerprint density at radius 3 is 2.29 bits per heavy atom. The SMILES string of the molecule is O=C(Cc1ccc(N2CCCC2)cc1)Nc1ccc(F)c(F)c1F. The van der Waals surface area contributed by atoms with Crippen LogP contribution < -0.4 is 10.2 Å². The van der Waals surface area contributed by atoms with Crippen LogP contribution in [-0.4, -0.2) is 19.0 Å². The number of halogens is 3. The molecule has 1 N–H and O–H groups in total. The summed E-state index contributed by atoms with van der Waals surface area (Å²) in [5.74, 6) is -4.77. The molecule has 0 spiro atoms. The van der Waals surface area contributed by atoms with Crippen molar-refractivity contribution in [1.29, 1.82) is 0 Å². The summed E-state index contributed by atoms with van der Waals surface area (Å²) in [6.07, 6.45) is 2.40. The standard InChI is InChI=1S/C18H17F3N2O/c19-14-7-8-15(18(21)17(14)20)22-16(24)11-12-3-5-13(6-4-12)23-9-1-2-10-23/h3-8H,1-2,9-11H2,(H,22,24). The molecule has 0 bridgehead atoms. The number of rotatable bonds is 4. The van der Waals surface area contributed by atoms with Crippen LogP contribution in [0.15, 0.2) is 36.4 Å². The van der Waals surface area contributed by atoms with Crippen LogP contribution >= 0.6 is 0 Å². The molecule has 24 heavy (non-hydrogen) atoms. The molecule has 126 valence electrons. The summed E-state index contributed by atoms with van der Waals surface area (Å²) in [5, 5.41) is 2.27. The number of amides is 1. The number of nitrogens with one attached hydrogen (secondary N) is 1. The number of benzene rings is 2. The fourth-order valence-corrected chi connectivity index (χ4v) is 2.80. The molecule has 2 aromatic carbocycles. The summed E-state index contributed by atoms with van der Waals surface area (Å²) in [4.78, 5) is 14.2. The van der Waals surface area contributed by atoms with Gasteiger partial charge in [0, 0.05) is 18.8 Å². The highest BCUT2D eigenvalue weighted by Crippen LogP contribution is 2.22. The third kappa shape index (κ3) is 3.53. The third-order valence-corrected chi connectivity index (χ3v) is 4.08. The van der Waals surface area contributed by atoms with Crippen LogP contribution in [0, 0.1) is 17.5 Å². The minimum atomic E-state index is -1.59. The fraction of sp³-hybridized carbons (Fsp3) is 0.278. The molecule has 1 aliphatic rings. The lowest BCUT2D eigenvalue weighted by atomic mass is 10.1. The van der Waals surface area contributed by atoms with E-state index in [-0.39, 0.29) is 12.1 Å². The third-order valence-electron chi connectivity index (χ3n) is 4.08. The van der Waals surface area contributed by atoms with Crippen LogP contribution in [0.1, 0.15) is 18.4 Å². The van der Waals surface area contributed by atoms with E-state index in [1.54, 1.807) is 0 Å². The molecule has 6 heteroatoms. The molecular formula is C18H17F3N2O. The van der Waals surface area contributed by atoms with Crippen LogP contribution in [0.3, 0.4) is 0 Å². The summed E-state index contributed by atoms with van der Waals surface area (Å²) in [7, 11) is 0. The van der Waals surface area contributed by atoms with Gasteiger partial charge in [-0.25, -0.2) is 13.2 Å². The van der Waals surface area contributed by atoms with Gasteiger partial charge in [0.25, 0.3) is 0 Å². The quantitative estimate of drug-likeness (QED) is 0.861. The summed E-state index contributed by atoms with van der Waals surface area (Å²) in [6.45, 7) is 2.07. The normalized spacial score (nSPS) is 14.0. The van der Waals surface area contributed by atoms with E-state index in [1.807, 2.05) is 24.3 Å². The maximum Gasteiger partial charge on any atom is 0.228 e. The van der Waals surface area contributed by atoms with Gasteiger partial charge in [0.2, 0.25) is 5.91 Å².